The van der Waals surface area contributed by atoms with Crippen LogP contribution in [0.15, 0.2) is 24.3 Å². The van der Waals surface area contributed by atoms with E-state index in [2.05, 4.69) is 14.1 Å². The summed E-state index contributed by atoms with van der Waals surface area (Å²) in [6, 6.07) is 7.69. The van der Waals surface area contributed by atoms with Crippen molar-refractivity contribution in [1.29, 1.82) is 0 Å². The van der Waals surface area contributed by atoms with Crippen molar-refractivity contribution in [3.8, 4) is 11.5 Å². The summed E-state index contributed by atoms with van der Waals surface area (Å²) >= 11 is 0. The molecule has 1 aromatic carbocycles. The number of benzene rings is 1. The third-order valence-electron chi connectivity index (χ3n) is 3.25. The maximum atomic E-state index is 5.86. The lowest BCUT2D eigenvalue weighted by molar-refractivity contribution is -0.798. The van der Waals surface area contributed by atoms with Crippen LogP contribution in [0.25, 0.3) is 0 Å². The van der Waals surface area contributed by atoms with Crippen molar-refractivity contribution in [2.75, 3.05) is 27.2 Å². The second kappa shape index (κ2) is 2.68. The second-order valence-corrected chi connectivity index (χ2v) is 4.66. The zero-order chi connectivity index (χ0) is 10.5. The Bertz CT molecular complexity index is 382. The van der Waals surface area contributed by atoms with Gasteiger partial charge in [0.1, 0.15) is 11.5 Å². The summed E-state index contributed by atoms with van der Waals surface area (Å²) < 4.78 is 18.0. The van der Waals surface area contributed by atoms with Crippen LogP contribution in [-0.2, 0) is 4.65 Å². The predicted molar refractivity (Wildman–Crippen MR) is 56.4 cm³/mol. The first-order valence-corrected chi connectivity index (χ1v) is 5.20. The van der Waals surface area contributed by atoms with Crippen LogP contribution in [0.2, 0.25) is 0 Å². The van der Waals surface area contributed by atoms with Crippen molar-refractivity contribution in [1.82, 2.24) is 0 Å². The number of likely N-dealkylation sites (N-methyl/N-ethyl adjacent to an activating group) is 1. The van der Waals surface area contributed by atoms with Gasteiger partial charge in [0.15, 0.2) is 0 Å². The van der Waals surface area contributed by atoms with Gasteiger partial charge in [-0.3, -0.25) is 0 Å². The van der Waals surface area contributed by atoms with E-state index >= 15 is 0 Å². The zero-order valence-corrected chi connectivity index (χ0v) is 8.97. The van der Waals surface area contributed by atoms with Crippen molar-refractivity contribution < 1.29 is 18.4 Å². The van der Waals surface area contributed by atoms with Crippen LogP contribution in [0, 0.1) is 0 Å². The van der Waals surface area contributed by atoms with Crippen molar-refractivity contribution in [2.24, 2.45) is 0 Å². The molecule has 0 bridgehead atoms. The van der Waals surface area contributed by atoms with E-state index in [-0.39, 0.29) is 0 Å². The molecule has 1 saturated heterocycles. The smallest absolute Gasteiger partial charge is 0.601 e. The number of quaternary nitrogens is 1. The molecule has 2 aliphatic heterocycles. The van der Waals surface area contributed by atoms with Gasteiger partial charge < -0.3 is 18.4 Å². The Kier molecular flexibility index (Phi) is 1.62. The van der Waals surface area contributed by atoms with E-state index in [1.165, 1.54) is 0 Å². The summed E-state index contributed by atoms with van der Waals surface area (Å²) in [5, 5.41) is 0. The van der Waals surface area contributed by atoms with Crippen LogP contribution in [0.1, 0.15) is 0 Å². The molecule has 0 atom stereocenters. The van der Waals surface area contributed by atoms with Gasteiger partial charge in [0, 0.05) is 14.1 Å². The van der Waals surface area contributed by atoms with E-state index < -0.39 is 6.89 Å². The highest BCUT2D eigenvalue weighted by atomic mass is 16.8. The molecule has 2 aliphatic rings. The summed E-state index contributed by atoms with van der Waals surface area (Å²) in [5.74, 6) is 1.57. The molecule has 0 unspecified atom stereocenters. The number of hydrogen-bond donors (Lipinski definition) is 0. The van der Waals surface area contributed by atoms with Crippen LogP contribution in [-0.4, -0.2) is 38.5 Å². The molecule has 80 valence electrons. The topological polar surface area (TPSA) is 27.7 Å². The van der Waals surface area contributed by atoms with E-state index in [4.69, 9.17) is 14.0 Å². The van der Waals surface area contributed by atoms with Crippen LogP contribution >= 0.6 is 0 Å². The largest absolute Gasteiger partial charge is 0.740 e. The van der Waals surface area contributed by atoms with E-state index in [1.54, 1.807) is 0 Å². The van der Waals surface area contributed by atoms with E-state index in [0.29, 0.717) is 11.0 Å². The Morgan fingerprint density at radius 3 is 2.20 bits per heavy atom. The maximum Gasteiger partial charge on any atom is 0.740 e. The average molecular weight is 207 g/mol. The van der Waals surface area contributed by atoms with Gasteiger partial charge in [-0.1, -0.05) is 12.1 Å². The van der Waals surface area contributed by atoms with Crippen molar-refractivity contribution in [3.05, 3.63) is 24.3 Å². The van der Waals surface area contributed by atoms with Gasteiger partial charge in [0.25, 0.3) is 0 Å². The summed E-state index contributed by atoms with van der Waals surface area (Å²) in [4.78, 5) is 0. The van der Waals surface area contributed by atoms with E-state index in [1.807, 2.05) is 24.3 Å². The molecule has 5 heteroatoms. The maximum absolute atomic E-state index is 5.86. The van der Waals surface area contributed by atoms with Crippen molar-refractivity contribution >= 4 is 6.89 Å². The zero-order valence-electron chi connectivity index (χ0n) is 8.97. The molecule has 3 rings (SSSR count). The first-order valence-electron chi connectivity index (χ1n) is 5.20. The molecule has 1 aromatic rings. The molecular formula is C10H14BNO3. The lowest BCUT2D eigenvalue weighted by Gasteiger charge is -2.41. The lowest BCUT2D eigenvalue weighted by Crippen LogP contribution is -2.67. The average Bonchev–Trinajstić information content (AvgIpc) is 2.68. The quantitative estimate of drug-likeness (QED) is 0.594. The normalized spacial score (nSPS) is 24.7. The van der Waals surface area contributed by atoms with Crippen molar-refractivity contribution in [3.63, 3.8) is 0 Å². The van der Waals surface area contributed by atoms with E-state index in [0.717, 1.165) is 18.0 Å². The Morgan fingerprint density at radius 1 is 1.13 bits per heavy atom. The minimum atomic E-state index is -1.69. The highest BCUT2D eigenvalue weighted by Gasteiger charge is 2.60. The molecule has 4 nitrogen and oxygen atoms in total. The molecule has 0 aliphatic carbocycles. The molecule has 1 spiro atoms. The number of fused-ring (bicyclic) bond motifs is 1. The van der Waals surface area contributed by atoms with Crippen LogP contribution in [0.5, 0.6) is 11.5 Å². The predicted octanol–water partition coefficient (Wildman–Crippen LogP) is 1.000. The Labute approximate surface area is 89.0 Å². The summed E-state index contributed by atoms with van der Waals surface area (Å²) in [6.07, 6.45) is 0. The molecule has 2 heterocycles. The molecule has 15 heavy (non-hydrogen) atoms. The Morgan fingerprint density at radius 2 is 1.73 bits per heavy atom. The fourth-order valence-electron chi connectivity index (χ4n) is 2.14. The third-order valence-corrected chi connectivity index (χ3v) is 3.25. The van der Waals surface area contributed by atoms with Gasteiger partial charge in [0.05, 0.1) is 13.2 Å². The molecule has 0 N–H and O–H groups in total. The standard InChI is InChI=1S/C10H14BNO3/c1-12(2)7-8-13-11(12)14-9-5-3-4-6-10(9)15-11/h3-6H,7-8H2,1-2H3. The summed E-state index contributed by atoms with van der Waals surface area (Å²) in [5.41, 5.74) is 0. The second-order valence-electron chi connectivity index (χ2n) is 4.66. The van der Waals surface area contributed by atoms with Crippen LogP contribution in [0.3, 0.4) is 0 Å². The number of rotatable bonds is 0. The van der Waals surface area contributed by atoms with E-state index in [9.17, 15) is 0 Å². The Hall–Kier alpha value is -1.20. The lowest BCUT2D eigenvalue weighted by atomic mass is 9.92. The first-order chi connectivity index (χ1) is 7.13. The molecule has 1 fully saturated rings. The third kappa shape index (κ3) is 1.10. The van der Waals surface area contributed by atoms with Gasteiger partial charge in [0.2, 0.25) is 0 Å². The van der Waals surface area contributed by atoms with Gasteiger partial charge in [-0.05, 0) is 12.1 Å². The number of hydrogen-bond acceptors (Lipinski definition) is 3. The van der Waals surface area contributed by atoms with Gasteiger partial charge in [-0.2, -0.15) is 0 Å². The van der Waals surface area contributed by atoms with Crippen LogP contribution < -0.4 is 9.31 Å². The highest BCUT2D eigenvalue weighted by Crippen LogP contribution is 2.41. The minimum Gasteiger partial charge on any atom is -0.601 e. The van der Waals surface area contributed by atoms with Crippen LogP contribution in [0.4, 0.5) is 0 Å². The van der Waals surface area contributed by atoms with Gasteiger partial charge in [-0.25, -0.2) is 0 Å². The minimum absolute atomic E-state index is 0.620. The highest BCUT2D eigenvalue weighted by molar-refractivity contribution is 6.56. The first kappa shape index (κ1) is 9.06. The van der Waals surface area contributed by atoms with Gasteiger partial charge >= 0.3 is 6.89 Å². The molecular weight excluding hydrogens is 193 g/mol. The van der Waals surface area contributed by atoms with Crippen molar-refractivity contribution in [2.45, 2.75) is 0 Å². The monoisotopic (exact) mass is 207 g/mol. The Balaban J connectivity index is 2.01. The number of para-hydroxylation sites is 2. The molecule has 0 aromatic heterocycles. The molecule has 0 amide bonds. The molecule has 0 saturated carbocycles. The fourth-order valence-corrected chi connectivity index (χ4v) is 2.14. The fraction of sp³-hybridized carbons (Fsp3) is 0.400. The SMILES string of the molecule is C[N+]1(C)CCO[B-]12Oc1ccccc1O2. The molecule has 0 radical (unpaired) electrons. The summed E-state index contributed by atoms with van der Waals surface area (Å²) in [7, 11) is 4.14. The summed E-state index contributed by atoms with van der Waals surface area (Å²) in [6.45, 7) is -0.0942. The van der Waals surface area contributed by atoms with Gasteiger partial charge in [-0.15, -0.1) is 0 Å². The number of nitrogens with zero attached hydrogens (tertiary/aromatic N) is 1.